The van der Waals surface area contributed by atoms with Crippen LogP contribution in [-0.4, -0.2) is 26.2 Å². The molecule has 1 rings (SSSR count). The maximum absolute atomic E-state index is 5.45. The van der Waals surface area contributed by atoms with Gasteiger partial charge in [-0.05, 0) is 62.5 Å². The lowest BCUT2D eigenvalue weighted by Crippen LogP contribution is -2.22. The number of hydrogen-bond donors (Lipinski definition) is 3. The quantitative estimate of drug-likeness (QED) is 0.350. The molecule has 0 aliphatic carbocycles. The van der Waals surface area contributed by atoms with E-state index in [0.29, 0.717) is 5.92 Å². The molecule has 1 aromatic carbocycles. The van der Waals surface area contributed by atoms with Crippen LogP contribution < -0.4 is 16.4 Å². The molecular weight excluding hydrogens is 498 g/mol. The first-order valence-electron chi connectivity index (χ1n) is 7.94. The van der Waals surface area contributed by atoms with Crippen LogP contribution in [-0.2, 0) is 6.54 Å². The van der Waals surface area contributed by atoms with Crippen LogP contribution in [0.3, 0.4) is 0 Å². The summed E-state index contributed by atoms with van der Waals surface area (Å²) in [7, 11) is 0. The summed E-state index contributed by atoms with van der Waals surface area (Å²) in [4.78, 5) is 0. The number of halogens is 3. The molecule has 0 saturated carbocycles. The van der Waals surface area contributed by atoms with E-state index in [1.165, 1.54) is 24.0 Å². The van der Waals surface area contributed by atoms with Crippen molar-refractivity contribution in [3.05, 3.63) is 35.4 Å². The largest absolute Gasteiger partial charge is 0.330 e. The molecule has 4 N–H and O–H groups in total. The van der Waals surface area contributed by atoms with Crippen LogP contribution in [0, 0.1) is 0 Å². The molecule has 0 fully saturated rings. The number of unbranched alkanes of at least 4 members (excludes halogenated alkanes) is 1. The Kier molecular flexibility index (Phi) is 29.0. The van der Waals surface area contributed by atoms with Gasteiger partial charge in [0.2, 0.25) is 0 Å². The summed E-state index contributed by atoms with van der Waals surface area (Å²) in [5.41, 5.74) is 8.23. The van der Waals surface area contributed by atoms with Gasteiger partial charge in [-0.2, -0.15) is 0 Å². The molecule has 0 aliphatic rings. The zero-order chi connectivity index (χ0) is 14.6. The zero-order valence-corrected chi connectivity index (χ0v) is 19.5. The van der Waals surface area contributed by atoms with Crippen molar-refractivity contribution in [1.29, 1.82) is 0 Å². The third kappa shape index (κ3) is 16.0. The molecule has 6 heteroatoms. The Labute approximate surface area is 181 Å². The van der Waals surface area contributed by atoms with Gasteiger partial charge in [-0.25, -0.2) is 0 Å². The first-order chi connectivity index (χ1) is 9.74. The van der Waals surface area contributed by atoms with E-state index in [0.717, 1.165) is 39.1 Å². The molecule has 0 atom stereocenters. The Hall–Kier alpha value is 0.540. The minimum absolute atomic E-state index is 0. The highest BCUT2D eigenvalue weighted by atomic mass is 79.9. The fourth-order valence-electron chi connectivity index (χ4n) is 2.11. The molecule has 24 heavy (non-hydrogen) atoms. The van der Waals surface area contributed by atoms with Crippen molar-refractivity contribution in [2.75, 3.05) is 26.2 Å². The molecule has 0 spiro atoms. The molecule has 0 bridgehead atoms. The molecule has 0 unspecified atom stereocenters. The Morgan fingerprint density at radius 3 is 1.92 bits per heavy atom. The van der Waals surface area contributed by atoms with Crippen LogP contribution >= 0.6 is 50.9 Å². The van der Waals surface area contributed by atoms with Gasteiger partial charge in [0.1, 0.15) is 0 Å². The molecule has 0 amide bonds. The fraction of sp³-hybridized carbons (Fsp3) is 0.667. The number of rotatable bonds is 11. The van der Waals surface area contributed by atoms with E-state index < -0.39 is 0 Å². The first kappa shape index (κ1) is 32.2. The van der Waals surface area contributed by atoms with Gasteiger partial charge in [-0.3, -0.25) is 0 Å². The predicted octanol–water partition coefficient (Wildman–Crippen LogP) is 4.99. The van der Waals surface area contributed by atoms with Gasteiger partial charge >= 0.3 is 0 Å². The predicted molar refractivity (Wildman–Crippen MR) is 126 cm³/mol. The molecule has 1 aromatic rings. The topological polar surface area (TPSA) is 50.1 Å². The molecule has 3 nitrogen and oxygen atoms in total. The van der Waals surface area contributed by atoms with E-state index in [-0.39, 0.29) is 58.4 Å². The van der Waals surface area contributed by atoms with Crippen molar-refractivity contribution in [3.63, 3.8) is 0 Å². The highest BCUT2D eigenvalue weighted by Gasteiger charge is 1.98. The number of nitrogens with two attached hydrogens (primary N) is 1. The second-order valence-corrected chi connectivity index (χ2v) is 5.67. The van der Waals surface area contributed by atoms with E-state index in [4.69, 9.17) is 5.73 Å². The van der Waals surface area contributed by atoms with Crippen LogP contribution in [0.5, 0.6) is 0 Å². The van der Waals surface area contributed by atoms with Crippen LogP contribution in [0.15, 0.2) is 24.3 Å². The third-order valence-electron chi connectivity index (χ3n) is 3.49. The highest BCUT2D eigenvalue weighted by Crippen LogP contribution is 2.14. The summed E-state index contributed by atoms with van der Waals surface area (Å²) in [5, 5.41) is 6.94. The fourth-order valence-corrected chi connectivity index (χ4v) is 2.11. The monoisotopic (exact) mass is 533 g/mol. The van der Waals surface area contributed by atoms with E-state index >= 15 is 0 Å². The van der Waals surface area contributed by atoms with Crippen molar-refractivity contribution in [2.45, 2.75) is 53.0 Å². The van der Waals surface area contributed by atoms with Crippen LogP contribution in [0.4, 0.5) is 0 Å². The van der Waals surface area contributed by atoms with Crippen molar-refractivity contribution in [2.24, 2.45) is 5.73 Å². The lowest BCUT2D eigenvalue weighted by Gasteiger charge is -2.08. The van der Waals surface area contributed by atoms with Gasteiger partial charge < -0.3 is 16.4 Å². The lowest BCUT2D eigenvalue weighted by molar-refractivity contribution is 0.576. The summed E-state index contributed by atoms with van der Waals surface area (Å²) < 4.78 is 0. The van der Waals surface area contributed by atoms with E-state index in [9.17, 15) is 0 Å². The summed E-state index contributed by atoms with van der Waals surface area (Å²) >= 11 is 0. The average Bonchev–Trinajstić information content (AvgIpc) is 2.46. The number of hydrogen-bond acceptors (Lipinski definition) is 3. The van der Waals surface area contributed by atoms with E-state index in [1.807, 2.05) is 0 Å². The zero-order valence-electron chi connectivity index (χ0n) is 14.3. The average molecular weight is 536 g/mol. The molecule has 0 saturated heterocycles. The minimum atomic E-state index is 0. The smallest absolute Gasteiger partial charge is 0.0205 e. The van der Waals surface area contributed by atoms with Gasteiger partial charge in [-0.15, -0.1) is 50.9 Å². The maximum Gasteiger partial charge on any atom is 0.0205 e. The molecule has 0 aliphatic heterocycles. The summed E-state index contributed by atoms with van der Waals surface area (Å²) in [6, 6.07) is 8.93. The van der Waals surface area contributed by atoms with Crippen molar-refractivity contribution in [1.82, 2.24) is 10.6 Å². The van der Waals surface area contributed by atoms with Crippen LogP contribution in [0.25, 0.3) is 0 Å². The molecular formula is C18H38Br3N3. The van der Waals surface area contributed by atoms with Crippen molar-refractivity contribution >= 4 is 50.9 Å². The summed E-state index contributed by atoms with van der Waals surface area (Å²) in [6.45, 7) is 9.47. The first-order valence-corrected chi connectivity index (χ1v) is 7.94. The van der Waals surface area contributed by atoms with Crippen LogP contribution in [0.1, 0.15) is 57.6 Å². The molecule has 146 valence electrons. The van der Waals surface area contributed by atoms with Crippen LogP contribution in [0.2, 0.25) is 0 Å². The van der Waals surface area contributed by atoms with Gasteiger partial charge in [-0.1, -0.05) is 45.5 Å². The van der Waals surface area contributed by atoms with E-state index in [2.05, 4.69) is 48.7 Å². The highest BCUT2D eigenvalue weighted by molar-refractivity contribution is 8.93. The molecule has 0 aromatic heterocycles. The van der Waals surface area contributed by atoms with E-state index in [1.54, 1.807) is 0 Å². The second kappa shape index (κ2) is 21.6. The third-order valence-corrected chi connectivity index (χ3v) is 3.49. The number of nitrogens with one attached hydrogen (secondary N) is 2. The minimum Gasteiger partial charge on any atom is -0.330 e. The Morgan fingerprint density at radius 2 is 1.38 bits per heavy atom. The Bertz CT molecular complexity index is 346. The van der Waals surface area contributed by atoms with Gasteiger partial charge in [0.25, 0.3) is 0 Å². The standard InChI is InChI=1S/C17H31N3.CH4.3BrH/c1-15(2)17-8-6-16(7-9-17)14-20-13-5-12-19-11-4-3-10-18;;;;/h6-9,15,19-20H,3-5,10-14,18H2,1-2H3;1H4;3*1H. The van der Waals surface area contributed by atoms with Crippen molar-refractivity contribution in [3.8, 4) is 0 Å². The lowest BCUT2D eigenvalue weighted by atomic mass is 10.0. The van der Waals surface area contributed by atoms with Gasteiger partial charge in [0.15, 0.2) is 0 Å². The van der Waals surface area contributed by atoms with Crippen molar-refractivity contribution < 1.29 is 0 Å². The second-order valence-electron chi connectivity index (χ2n) is 5.67. The SMILES string of the molecule is Br.Br.Br.C.CC(C)c1ccc(CNCCCNCCCCN)cc1. The normalized spacial score (nSPS) is 9.33. The van der Waals surface area contributed by atoms with Gasteiger partial charge in [0.05, 0.1) is 0 Å². The molecule has 0 radical (unpaired) electrons. The maximum atomic E-state index is 5.45. The summed E-state index contributed by atoms with van der Waals surface area (Å²) in [6.07, 6.45) is 3.48. The summed E-state index contributed by atoms with van der Waals surface area (Å²) in [5.74, 6) is 0.613. The number of benzene rings is 1. The Balaban J connectivity index is -0.000000500. The van der Waals surface area contributed by atoms with Gasteiger partial charge in [0, 0.05) is 6.54 Å². The Morgan fingerprint density at radius 1 is 0.833 bits per heavy atom. The molecule has 0 heterocycles.